The molecule has 160 valence electrons. The molecule has 0 radical (unpaired) electrons. The average molecular weight is 432 g/mol. The highest BCUT2D eigenvalue weighted by molar-refractivity contribution is 6.00. The minimum atomic E-state index is -5.45. The smallest absolute Gasteiger partial charge is 0.363 e. The Bertz CT molecular complexity index is 943. The lowest BCUT2D eigenvalue weighted by atomic mass is 9.77. The van der Waals surface area contributed by atoms with Crippen molar-refractivity contribution in [2.45, 2.75) is 24.1 Å². The monoisotopic (exact) mass is 432 g/mol. The number of urea groups is 1. The van der Waals surface area contributed by atoms with Gasteiger partial charge in [-0.2, -0.15) is 26.3 Å². The van der Waals surface area contributed by atoms with Gasteiger partial charge < -0.3 is 15.7 Å². The van der Waals surface area contributed by atoms with Crippen LogP contribution in [0.4, 0.5) is 31.1 Å². The summed E-state index contributed by atoms with van der Waals surface area (Å²) in [5.74, 6) is -3.47. The topological polar surface area (TPSA) is 78.4 Å². The standard InChI is InChI=1S/C19H14F6N2O3/c20-18(21,22)12-8-6-10(7-9-12)14-13(15(28)11-4-2-1-3-5-11)17(30,19(23,24)25)27-16(29)26-14/h1-9,13-14,30H,(H2,26,27,29)/t13-,14+,17+/m1/s1. The van der Waals surface area contributed by atoms with Gasteiger partial charge in [0.2, 0.25) is 5.72 Å². The first-order valence-corrected chi connectivity index (χ1v) is 8.49. The van der Waals surface area contributed by atoms with Crippen LogP contribution in [0.1, 0.15) is 27.5 Å². The number of ketones is 1. The van der Waals surface area contributed by atoms with Crippen LogP contribution in [0.3, 0.4) is 0 Å². The number of hydrogen-bond donors (Lipinski definition) is 3. The molecule has 0 unspecified atom stereocenters. The second-order valence-electron chi connectivity index (χ2n) is 6.67. The Morgan fingerprint density at radius 2 is 1.50 bits per heavy atom. The SMILES string of the molecule is O=C1N[C@@H](c2ccc(C(F)(F)F)cc2)[C@H](C(=O)c2ccccc2)[C@](O)(C(F)(F)F)N1. The molecule has 1 aliphatic rings. The maximum Gasteiger partial charge on any atom is 0.437 e. The number of alkyl halides is 6. The molecule has 1 heterocycles. The van der Waals surface area contributed by atoms with Crippen molar-refractivity contribution < 1.29 is 41.0 Å². The molecule has 2 amide bonds. The fraction of sp³-hybridized carbons (Fsp3) is 0.263. The molecule has 30 heavy (non-hydrogen) atoms. The van der Waals surface area contributed by atoms with Gasteiger partial charge in [-0.1, -0.05) is 42.5 Å². The van der Waals surface area contributed by atoms with E-state index < -0.39 is 47.4 Å². The van der Waals surface area contributed by atoms with Crippen molar-refractivity contribution in [3.8, 4) is 0 Å². The molecule has 1 aliphatic heterocycles. The van der Waals surface area contributed by atoms with Crippen LogP contribution in [-0.4, -0.2) is 28.8 Å². The second-order valence-corrected chi connectivity index (χ2v) is 6.67. The summed E-state index contributed by atoms with van der Waals surface area (Å²) >= 11 is 0. The highest BCUT2D eigenvalue weighted by Crippen LogP contribution is 2.44. The summed E-state index contributed by atoms with van der Waals surface area (Å²) in [4.78, 5) is 24.8. The zero-order valence-corrected chi connectivity index (χ0v) is 14.9. The van der Waals surface area contributed by atoms with Gasteiger partial charge in [0.05, 0.1) is 11.6 Å². The number of benzene rings is 2. The Morgan fingerprint density at radius 1 is 0.933 bits per heavy atom. The van der Waals surface area contributed by atoms with Gasteiger partial charge in [0.15, 0.2) is 5.78 Å². The normalized spacial score (nSPS) is 24.7. The summed E-state index contributed by atoms with van der Waals surface area (Å²) in [6.45, 7) is 0. The molecule has 11 heteroatoms. The van der Waals surface area contributed by atoms with E-state index in [1.54, 1.807) is 0 Å². The third kappa shape index (κ3) is 3.84. The van der Waals surface area contributed by atoms with Crippen molar-refractivity contribution in [1.29, 1.82) is 0 Å². The van der Waals surface area contributed by atoms with E-state index in [4.69, 9.17) is 0 Å². The number of halogens is 6. The first kappa shape index (κ1) is 21.6. The second kappa shape index (κ2) is 7.31. The summed E-state index contributed by atoms with van der Waals surface area (Å²) in [5.41, 5.74) is -5.41. The van der Waals surface area contributed by atoms with Gasteiger partial charge >= 0.3 is 18.4 Å². The van der Waals surface area contributed by atoms with E-state index in [1.807, 2.05) is 0 Å². The van der Waals surface area contributed by atoms with Crippen LogP contribution in [0.5, 0.6) is 0 Å². The molecule has 2 aromatic rings. The molecule has 0 aromatic heterocycles. The van der Waals surface area contributed by atoms with E-state index in [2.05, 4.69) is 5.32 Å². The maximum absolute atomic E-state index is 13.7. The van der Waals surface area contributed by atoms with Crippen molar-refractivity contribution >= 4 is 11.8 Å². The fourth-order valence-corrected chi connectivity index (χ4v) is 3.28. The molecule has 3 atom stereocenters. The van der Waals surface area contributed by atoms with Crippen LogP contribution in [-0.2, 0) is 6.18 Å². The van der Waals surface area contributed by atoms with Crippen molar-refractivity contribution in [3.63, 3.8) is 0 Å². The van der Waals surface area contributed by atoms with Gasteiger partial charge in [0.1, 0.15) is 5.92 Å². The lowest BCUT2D eigenvalue weighted by molar-refractivity contribution is -0.287. The molecular weight excluding hydrogens is 418 g/mol. The van der Waals surface area contributed by atoms with Crippen molar-refractivity contribution in [1.82, 2.24) is 10.6 Å². The van der Waals surface area contributed by atoms with Gasteiger partial charge in [0, 0.05) is 5.56 Å². The Labute approximate surface area is 165 Å². The Balaban J connectivity index is 2.13. The summed E-state index contributed by atoms with van der Waals surface area (Å²) in [5, 5.41) is 13.8. The minimum Gasteiger partial charge on any atom is -0.363 e. The third-order valence-electron chi connectivity index (χ3n) is 4.74. The molecule has 0 aliphatic carbocycles. The summed E-state index contributed by atoms with van der Waals surface area (Å²) in [7, 11) is 0. The molecule has 1 fully saturated rings. The molecule has 0 spiro atoms. The van der Waals surface area contributed by atoms with E-state index in [1.165, 1.54) is 35.6 Å². The minimum absolute atomic E-state index is 0.181. The van der Waals surface area contributed by atoms with Crippen molar-refractivity contribution in [2.24, 2.45) is 5.92 Å². The highest BCUT2D eigenvalue weighted by atomic mass is 19.4. The number of carbonyl (C=O) groups excluding carboxylic acids is 2. The van der Waals surface area contributed by atoms with Gasteiger partial charge in [-0.15, -0.1) is 0 Å². The number of Topliss-reactive ketones (excluding diaryl/α,β-unsaturated/α-hetero) is 1. The fourth-order valence-electron chi connectivity index (χ4n) is 3.28. The lowest BCUT2D eigenvalue weighted by Crippen LogP contribution is -2.72. The maximum atomic E-state index is 13.7. The molecule has 5 nitrogen and oxygen atoms in total. The molecule has 1 saturated heterocycles. The largest absolute Gasteiger partial charge is 0.437 e. The summed E-state index contributed by atoms with van der Waals surface area (Å²) < 4.78 is 79.6. The van der Waals surface area contributed by atoms with Crippen molar-refractivity contribution in [2.75, 3.05) is 0 Å². The van der Waals surface area contributed by atoms with Crippen LogP contribution in [0.15, 0.2) is 54.6 Å². The van der Waals surface area contributed by atoms with Gasteiger partial charge in [-0.05, 0) is 17.7 Å². The number of nitrogens with one attached hydrogen (secondary N) is 2. The van der Waals surface area contributed by atoms with Gasteiger partial charge in [-0.3, -0.25) is 4.79 Å². The number of rotatable bonds is 3. The lowest BCUT2D eigenvalue weighted by Gasteiger charge is -2.45. The Morgan fingerprint density at radius 3 is 2.00 bits per heavy atom. The van der Waals surface area contributed by atoms with Crippen LogP contribution >= 0.6 is 0 Å². The average Bonchev–Trinajstić information content (AvgIpc) is 2.66. The van der Waals surface area contributed by atoms with Crippen LogP contribution < -0.4 is 10.6 Å². The van der Waals surface area contributed by atoms with E-state index in [0.717, 1.165) is 12.1 Å². The quantitative estimate of drug-likeness (QED) is 0.510. The molecule has 0 saturated carbocycles. The van der Waals surface area contributed by atoms with E-state index in [9.17, 15) is 41.0 Å². The van der Waals surface area contributed by atoms with E-state index >= 15 is 0 Å². The summed E-state index contributed by atoms with van der Waals surface area (Å²) in [6, 6.07) is 6.48. The van der Waals surface area contributed by atoms with Gasteiger partial charge in [-0.25, -0.2) is 4.79 Å². The van der Waals surface area contributed by atoms with E-state index in [0.29, 0.717) is 12.1 Å². The number of aliphatic hydroxyl groups is 1. The zero-order valence-electron chi connectivity index (χ0n) is 14.9. The van der Waals surface area contributed by atoms with Crippen LogP contribution in [0.25, 0.3) is 0 Å². The van der Waals surface area contributed by atoms with Gasteiger partial charge in [0.25, 0.3) is 0 Å². The van der Waals surface area contributed by atoms with Crippen molar-refractivity contribution in [3.05, 3.63) is 71.3 Å². The number of carbonyl (C=O) groups is 2. The molecule has 0 bridgehead atoms. The highest BCUT2D eigenvalue weighted by Gasteiger charge is 2.66. The van der Waals surface area contributed by atoms with Crippen LogP contribution in [0.2, 0.25) is 0 Å². The Kier molecular flexibility index (Phi) is 5.27. The first-order valence-electron chi connectivity index (χ1n) is 8.49. The molecule has 3 N–H and O–H groups in total. The number of hydrogen-bond acceptors (Lipinski definition) is 3. The molecule has 3 rings (SSSR count). The predicted octanol–water partition coefficient (Wildman–Crippen LogP) is 3.81. The molecule has 2 aromatic carbocycles. The zero-order chi connectivity index (χ0) is 22.3. The van der Waals surface area contributed by atoms with E-state index in [-0.39, 0.29) is 11.1 Å². The summed E-state index contributed by atoms with van der Waals surface area (Å²) in [6.07, 6.45) is -10.1. The molecular formula is C19H14F6N2O3. The Hall–Kier alpha value is -3.08. The van der Waals surface area contributed by atoms with Crippen LogP contribution in [0, 0.1) is 5.92 Å². The first-order chi connectivity index (χ1) is 13.8. The number of amides is 2. The third-order valence-corrected chi connectivity index (χ3v) is 4.74. The predicted molar refractivity (Wildman–Crippen MR) is 91.1 cm³/mol.